The van der Waals surface area contributed by atoms with Crippen molar-refractivity contribution in [3.63, 3.8) is 0 Å². The van der Waals surface area contributed by atoms with Gasteiger partial charge in [-0.3, -0.25) is 0 Å². The predicted molar refractivity (Wildman–Crippen MR) is 80.1 cm³/mol. The summed E-state index contributed by atoms with van der Waals surface area (Å²) in [5.41, 5.74) is -0.710. The maximum Gasteiger partial charge on any atom is 0.419 e. The van der Waals surface area contributed by atoms with E-state index in [1.165, 1.54) is 6.20 Å². The summed E-state index contributed by atoms with van der Waals surface area (Å²) in [6, 6.07) is 1.15. The fourth-order valence-corrected chi connectivity index (χ4v) is 3.90. The zero-order valence-corrected chi connectivity index (χ0v) is 13.4. The van der Waals surface area contributed by atoms with Gasteiger partial charge in [-0.25, -0.2) is 4.98 Å². The molecule has 20 heavy (non-hydrogen) atoms. The first-order valence-electron chi connectivity index (χ1n) is 6.51. The lowest BCUT2D eigenvalue weighted by atomic mass is 10.2. The van der Waals surface area contributed by atoms with Crippen LogP contribution in [0.1, 0.15) is 31.7 Å². The lowest BCUT2D eigenvalue weighted by Gasteiger charge is -2.18. The summed E-state index contributed by atoms with van der Waals surface area (Å²) in [7, 11) is 0. The van der Waals surface area contributed by atoms with E-state index in [4.69, 9.17) is 0 Å². The summed E-state index contributed by atoms with van der Waals surface area (Å²) in [5.74, 6) is 0.981. The first-order valence-corrected chi connectivity index (χ1v) is 8.35. The van der Waals surface area contributed by atoms with Crippen LogP contribution in [0.15, 0.2) is 16.7 Å². The summed E-state index contributed by atoms with van der Waals surface area (Å²) in [6.07, 6.45) is -0.158. The summed E-state index contributed by atoms with van der Waals surface area (Å²) in [6.45, 7) is 2.10. The fourth-order valence-electron chi connectivity index (χ4n) is 2.42. The molecule has 1 aromatic heterocycles. The van der Waals surface area contributed by atoms with Crippen LogP contribution < -0.4 is 5.32 Å². The summed E-state index contributed by atoms with van der Waals surface area (Å²) in [4.78, 5) is 3.89. The monoisotopic (exact) mass is 368 g/mol. The third-order valence-electron chi connectivity index (χ3n) is 3.29. The molecule has 2 unspecified atom stereocenters. The van der Waals surface area contributed by atoms with Gasteiger partial charge in [-0.15, -0.1) is 0 Å². The summed E-state index contributed by atoms with van der Waals surface area (Å²) < 4.78 is 39.3. The molecular weight excluding hydrogens is 353 g/mol. The molecule has 2 nitrogen and oxygen atoms in total. The standard InChI is InChI=1S/C13H16BrF3N2S/c1-2-20-10-4-3-9(6-10)19-12-11(13(15,16)17)5-8(14)7-18-12/h5,7,9-10H,2-4,6H2,1H3,(H,18,19). The maximum absolute atomic E-state index is 13.0. The molecule has 2 rings (SSSR count). The molecule has 1 saturated carbocycles. The molecule has 1 aromatic rings. The molecule has 1 N–H and O–H groups in total. The molecule has 0 saturated heterocycles. The number of rotatable bonds is 4. The van der Waals surface area contributed by atoms with Crippen molar-refractivity contribution in [1.82, 2.24) is 4.98 Å². The Morgan fingerprint density at radius 1 is 1.45 bits per heavy atom. The Bertz CT molecular complexity index is 467. The summed E-state index contributed by atoms with van der Waals surface area (Å²) in [5, 5.41) is 3.51. The second-order valence-electron chi connectivity index (χ2n) is 4.78. The maximum atomic E-state index is 13.0. The number of aromatic nitrogens is 1. The van der Waals surface area contributed by atoms with Crippen molar-refractivity contribution in [3.05, 3.63) is 22.3 Å². The van der Waals surface area contributed by atoms with Gasteiger partial charge >= 0.3 is 6.18 Å². The van der Waals surface area contributed by atoms with E-state index in [1.54, 1.807) is 0 Å². The topological polar surface area (TPSA) is 24.9 Å². The van der Waals surface area contributed by atoms with Gasteiger partial charge in [0.15, 0.2) is 0 Å². The van der Waals surface area contributed by atoms with Crippen molar-refractivity contribution in [2.45, 2.75) is 43.7 Å². The van der Waals surface area contributed by atoms with Gasteiger partial charge in [-0.2, -0.15) is 24.9 Å². The fraction of sp³-hybridized carbons (Fsp3) is 0.615. The number of hydrogen-bond acceptors (Lipinski definition) is 3. The van der Waals surface area contributed by atoms with Crippen LogP contribution in [-0.2, 0) is 6.18 Å². The SMILES string of the molecule is CCSC1CCC(Nc2ncc(Br)cc2C(F)(F)F)C1. The van der Waals surface area contributed by atoms with Gasteiger partial charge in [0.05, 0.1) is 5.56 Å². The second-order valence-corrected chi connectivity index (χ2v) is 7.27. The lowest BCUT2D eigenvalue weighted by molar-refractivity contribution is -0.137. The number of nitrogens with zero attached hydrogens (tertiary/aromatic N) is 1. The number of thioether (sulfide) groups is 1. The van der Waals surface area contributed by atoms with Gasteiger partial charge in [-0.1, -0.05) is 6.92 Å². The normalized spacial score (nSPS) is 23.1. The van der Waals surface area contributed by atoms with Crippen LogP contribution >= 0.6 is 27.7 Å². The van der Waals surface area contributed by atoms with E-state index in [9.17, 15) is 13.2 Å². The molecule has 0 aliphatic heterocycles. The first-order chi connectivity index (χ1) is 9.40. The Hall–Kier alpha value is -0.430. The first kappa shape index (κ1) is 15.9. The number of pyridine rings is 1. The van der Waals surface area contributed by atoms with E-state index < -0.39 is 11.7 Å². The second kappa shape index (κ2) is 6.56. The molecule has 1 aliphatic rings. The van der Waals surface area contributed by atoms with Gasteiger partial charge in [0, 0.05) is 22.0 Å². The van der Waals surface area contributed by atoms with E-state index >= 15 is 0 Å². The van der Waals surface area contributed by atoms with Crippen LogP contribution in [0.5, 0.6) is 0 Å². The summed E-state index contributed by atoms with van der Waals surface area (Å²) >= 11 is 4.91. The average Bonchev–Trinajstić information content (AvgIpc) is 2.78. The number of nitrogens with one attached hydrogen (secondary N) is 1. The molecular formula is C13H16BrF3N2S. The average molecular weight is 369 g/mol. The van der Waals surface area contributed by atoms with E-state index in [2.05, 4.69) is 33.2 Å². The third-order valence-corrected chi connectivity index (χ3v) is 4.95. The minimum absolute atomic E-state index is 0.0622. The van der Waals surface area contributed by atoms with E-state index in [0.29, 0.717) is 9.72 Å². The van der Waals surface area contributed by atoms with Gasteiger partial charge in [0.25, 0.3) is 0 Å². The van der Waals surface area contributed by atoms with Gasteiger partial charge in [0.1, 0.15) is 5.82 Å². The number of halogens is 4. The minimum Gasteiger partial charge on any atom is -0.367 e. The number of hydrogen-bond donors (Lipinski definition) is 1. The highest BCUT2D eigenvalue weighted by Crippen LogP contribution is 2.37. The van der Waals surface area contributed by atoms with Crippen molar-refractivity contribution in [2.24, 2.45) is 0 Å². The van der Waals surface area contributed by atoms with E-state index in [1.807, 2.05) is 11.8 Å². The van der Waals surface area contributed by atoms with Crippen molar-refractivity contribution in [3.8, 4) is 0 Å². The Balaban J connectivity index is 2.10. The molecule has 1 heterocycles. The van der Waals surface area contributed by atoms with E-state index in [-0.39, 0.29) is 11.9 Å². The Labute approximate surface area is 129 Å². The van der Waals surface area contributed by atoms with Crippen molar-refractivity contribution < 1.29 is 13.2 Å². The van der Waals surface area contributed by atoms with Crippen molar-refractivity contribution in [1.29, 1.82) is 0 Å². The van der Waals surface area contributed by atoms with Crippen molar-refractivity contribution in [2.75, 3.05) is 11.1 Å². The van der Waals surface area contributed by atoms with Crippen LogP contribution in [0.2, 0.25) is 0 Å². The third kappa shape index (κ3) is 4.04. The largest absolute Gasteiger partial charge is 0.419 e. The molecule has 0 aromatic carbocycles. The van der Waals surface area contributed by atoms with Crippen LogP contribution in [0.3, 0.4) is 0 Å². The van der Waals surface area contributed by atoms with Gasteiger partial charge < -0.3 is 5.32 Å². The quantitative estimate of drug-likeness (QED) is 0.813. The Kier molecular flexibility index (Phi) is 5.23. The minimum atomic E-state index is -4.39. The smallest absolute Gasteiger partial charge is 0.367 e. The molecule has 1 aliphatic carbocycles. The lowest BCUT2D eigenvalue weighted by Crippen LogP contribution is -2.20. The predicted octanol–water partition coefficient (Wildman–Crippen LogP) is 4.95. The molecule has 112 valence electrons. The molecule has 0 spiro atoms. The Morgan fingerprint density at radius 3 is 2.85 bits per heavy atom. The number of alkyl halides is 3. The van der Waals surface area contributed by atoms with Crippen LogP contribution in [-0.4, -0.2) is 22.0 Å². The van der Waals surface area contributed by atoms with Gasteiger partial charge in [0.2, 0.25) is 0 Å². The highest BCUT2D eigenvalue weighted by atomic mass is 79.9. The van der Waals surface area contributed by atoms with Crippen molar-refractivity contribution >= 4 is 33.5 Å². The highest BCUT2D eigenvalue weighted by molar-refractivity contribution is 9.10. The molecule has 7 heteroatoms. The molecule has 1 fully saturated rings. The zero-order chi connectivity index (χ0) is 14.8. The Morgan fingerprint density at radius 2 is 2.20 bits per heavy atom. The van der Waals surface area contributed by atoms with Gasteiger partial charge in [-0.05, 0) is 47.0 Å². The number of anilines is 1. The molecule has 2 atom stereocenters. The molecule has 0 amide bonds. The van der Waals surface area contributed by atoms with Crippen LogP contribution in [0, 0.1) is 0 Å². The molecule has 0 bridgehead atoms. The molecule has 0 radical (unpaired) electrons. The van der Waals surface area contributed by atoms with Crippen LogP contribution in [0.25, 0.3) is 0 Å². The highest BCUT2D eigenvalue weighted by Gasteiger charge is 2.36. The zero-order valence-electron chi connectivity index (χ0n) is 11.0. The van der Waals surface area contributed by atoms with Crippen LogP contribution in [0.4, 0.5) is 19.0 Å². The van der Waals surface area contributed by atoms with E-state index in [0.717, 1.165) is 31.1 Å².